The van der Waals surface area contributed by atoms with Gasteiger partial charge in [-0.3, -0.25) is 0 Å². The zero-order valence-electron chi connectivity index (χ0n) is 11.9. The lowest BCUT2D eigenvalue weighted by Crippen LogP contribution is -2.30. The molecule has 1 aliphatic rings. The van der Waals surface area contributed by atoms with Gasteiger partial charge >= 0.3 is 6.61 Å². The number of benzene rings is 1. The largest absolute Gasteiger partial charge is 0.434 e. The van der Waals surface area contributed by atoms with Gasteiger partial charge in [0.1, 0.15) is 11.6 Å². The summed E-state index contributed by atoms with van der Waals surface area (Å²) in [6.07, 6.45) is 2.44. The summed E-state index contributed by atoms with van der Waals surface area (Å²) in [4.78, 5) is 0. The fourth-order valence-corrected chi connectivity index (χ4v) is 2.76. The lowest BCUT2D eigenvalue weighted by Gasteiger charge is -2.21. The first-order chi connectivity index (χ1) is 9.97. The molecule has 118 valence electrons. The van der Waals surface area contributed by atoms with Crippen LogP contribution in [0.2, 0.25) is 0 Å². The van der Waals surface area contributed by atoms with Crippen molar-refractivity contribution in [1.29, 1.82) is 0 Å². The van der Waals surface area contributed by atoms with Crippen LogP contribution in [-0.4, -0.2) is 24.4 Å². The number of rotatable bonds is 6. The van der Waals surface area contributed by atoms with Crippen LogP contribution in [0.1, 0.15) is 37.8 Å². The first-order valence-corrected chi connectivity index (χ1v) is 7.13. The molecule has 0 amide bonds. The van der Waals surface area contributed by atoms with Gasteiger partial charge in [-0.1, -0.05) is 12.5 Å². The molecule has 0 spiro atoms. The third-order valence-electron chi connectivity index (χ3n) is 3.96. The second kappa shape index (κ2) is 7.13. The van der Waals surface area contributed by atoms with Gasteiger partial charge in [0.25, 0.3) is 0 Å². The second-order valence-electron chi connectivity index (χ2n) is 5.45. The molecule has 0 heterocycles. The van der Waals surface area contributed by atoms with Crippen LogP contribution in [0.4, 0.5) is 13.2 Å². The van der Waals surface area contributed by atoms with Gasteiger partial charge in [-0.05, 0) is 31.7 Å². The maximum absolute atomic E-state index is 13.2. The number of aliphatic hydroxyl groups is 1. The highest BCUT2D eigenvalue weighted by Gasteiger charge is 2.25. The van der Waals surface area contributed by atoms with Gasteiger partial charge in [-0.25, -0.2) is 4.39 Å². The molecule has 1 aromatic rings. The van der Waals surface area contributed by atoms with Crippen LogP contribution in [0.15, 0.2) is 18.2 Å². The number of alkyl halides is 2. The fraction of sp³-hybridized carbons (Fsp3) is 0.600. The number of halogens is 3. The van der Waals surface area contributed by atoms with Crippen molar-refractivity contribution < 1.29 is 23.0 Å². The topological polar surface area (TPSA) is 41.5 Å². The van der Waals surface area contributed by atoms with E-state index in [1.165, 1.54) is 12.1 Å². The molecule has 1 aliphatic carbocycles. The highest BCUT2D eigenvalue weighted by Crippen LogP contribution is 2.29. The van der Waals surface area contributed by atoms with Crippen molar-refractivity contribution in [3.05, 3.63) is 29.6 Å². The molecule has 2 rings (SSSR count). The Kier molecular flexibility index (Phi) is 5.47. The standard InChI is InChI=1S/C15H20F3NO2/c1-9(19-8-10-3-2-4-13(10)20)12-6-5-11(16)7-14(12)21-15(17)18/h5-7,9-10,13,15,19-20H,2-4,8H2,1H3. The number of nitrogens with one attached hydrogen (secondary N) is 1. The number of ether oxygens (including phenoxy) is 1. The van der Waals surface area contributed by atoms with E-state index in [2.05, 4.69) is 10.1 Å². The molecule has 3 unspecified atom stereocenters. The van der Waals surface area contributed by atoms with Crippen molar-refractivity contribution in [3.8, 4) is 5.75 Å². The number of hydrogen-bond donors (Lipinski definition) is 2. The van der Waals surface area contributed by atoms with E-state index in [4.69, 9.17) is 0 Å². The summed E-state index contributed by atoms with van der Waals surface area (Å²) in [5.41, 5.74) is 0.476. The summed E-state index contributed by atoms with van der Waals surface area (Å²) in [5, 5.41) is 13.0. The third-order valence-corrected chi connectivity index (χ3v) is 3.96. The van der Waals surface area contributed by atoms with E-state index < -0.39 is 12.4 Å². The molecule has 21 heavy (non-hydrogen) atoms. The predicted molar refractivity (Wildman–Crippen MR) is 72.8 cm³/mol. The SMILES string of the molecule is CC(NCC1CCCC1O)c1ccc(F)cc1OC(F)F. The van der Waals surface area contributed by atoms with E-state index in [1.54, 1.807) is 6.92 Å². The Bertz CT molecular complexity index is 470. The van der Waals surface area contributed by atoms with E-state index in [1.807, 2.05) is 0 Å². The van der Waals surface area contributed by atoms with Gasteiger partial charge < -0.3 is 15.2 Å². The van der Waals surface area contributed by atoms with E-state index in [-0.39, 0.29) is 23.8 Å². The molecule has 0 bridgehead atoms. The van der Waals surface area contributed by atoms with Crippen LogP contribution in [-0.2, 0) is 0 Å². The van der Waals surface area contributed by atoms with Crippen molar-refractivity contribution in [3.63, 3.8) is 0 Å². The quantitative estimate of drug-likeness (QED) is 0.848. The first-order valence-electron chi connectivity index (χ1n) is 7.13. The molecule has 1 saturated carbocycles. The molecule has 6 heteroatoms. The second-order valence-corrected chi connectivity index (χ2v) is 5.45. The molecular weight excluding hydrogens is 283 g/mol. The minimum atomic E-state index is -2.99. The van der Waals surface area contributed by atoms with Gasteiger partial charge in [0.15, 0.2) is 0 Å². The van der Waals surface area contributed by atoms with E-state index in [0.29, 0.717) is 12.1 Å². The third kappa shape index (κ3) is 4.35. The molecular formula is C15H20F3NO2. The molecule has 1 fully saturated rings. The Labute approximate surface area is 122 Å². The lowest BCUT2D eigenvalue weighted by molar-refractivity contribution is -0.0508. The summed E-state index contributed by atoms with van der Waals surface area (Å²) >= 11 is 0. The average Bonchev–Trinajstić information content (AvgIpc) is 2.81. The maximum atomic E-state index is 13.2. The molecule has 2 N–H and O–H groups in total. The average molecular weight is 303 g/mol. The lowest BCUT2D eigenvalue weighted by atomic mass is 10.0. The zero-order chi connectivity index (χ0) is 15.4. The fourth-order valence-electron chi connectivity index (χ4n) is 2.76. The molecule has 0 aliphatic heterocycles. The van der Waals surface area contributed by atoms with Crippen molar-refractivity contribution >= 4 is 0 Å². The van der Waals surface area contributed by atoms with Crippen LogP contribution >= 0.6 is 0 Å². The maximum Gasteiger partial charge on any atom is 0.387 e. The summed E-state index contributed by atoms with van der Waals surface area (Å²) in [5.74, 6) is -0.600. The van der Waals surface area contributed by atoms with Crippen LogP contribution in [0.25, 0.3) is 0 Å². The summed E-state index contributed by atoms with van der Waals surface area (Å²) in [6, 6.07) is 3.35. The summed E-state index contributed by atoms with van der Waals surface area (Å²) in [6.45, 7) is -0.602. The predicted octanol–water partition coefficient (Wildman–Crippen LogP) is 3.24. The Morgan fingerprint density at radius 2 is 2.14 bits per heavy atom. The summed E-state index contributed by atoms with van der Waals surface area (Å²) in [7, 11) is 0. The van der Waals surface area contributed by atoms with Gasteiger partial charge in [0, 0.05) is 24.2 Å². The minimum Gasteiger partial charge on any atom is -0.434 e. The zero-order valence-corrected chi connectivity index (χ0v) is 11.9. The van der Waals surface area contributed by atoms with Gasteiger partial charge in [0.05, 0.1) is 6.10 Å². The van der Waals surface area contributed by atoms with E-state index >= 15 is 0 Å². The van der Waals surface area contributed by atoms with Crippen molar-refractivity contribution in [2.45, 2.75) is 44.9 Å². The van der Waals surface area contributed by atoms with Crippen molar-refractivity contribution in [2.75, 3.05) is 6.54 Å². The van der Waals surface area contributed by atoms with Gasteiger partial charge in [-0.15, -0.1) is 0 Å². The summed E-state index contributed by atoms with van der Waals surface area (Å²) < 4.78 is 42.3. The molecule has 3 nitrogen and oxygen atoms in total. The molecule has 0 aromatic heterocycles. The van der Waals surface area contributed by atoms with Crippen molar-refractivity contribution in [2.24, 2.45) is 5.92 Å². The molecule has 3 atom stereocenters. The van der Waals surface area contributed by atoms with Crippen molar-refractivity contribution in [1.82, 2.24) is 5.32 Å². The highest BCUT2D eigenvalue weighted by atomic mass is 19.3. The molecule has 0 radical (unpaired) electrons. The number of hydrogen-bond acceptors (Lipinski definition) is 3. The normalized spacial score (nSPS) is 23.5. The number of aliphatic hydroxyl groups excluding tert-OH is 1. The Balaban J connectivity index is 2.02. The Morgan fingerprint density at radius 1 is 1.38 bits per heavy atom. The molecule has 1 aromatic carbocycles. The first kappa shape index (κ1) is 16.1. The van der Waals surface area contributed by atoms with E-state index in [9.17, 15) is 18.3 Å². The van der Waals surface area contributed by atoms with E-state index in [0.717, 1.165) is 25.3 Å². The minimum absolute atomic E-state index is 0.156. The molecule has 0 saturated heterocycles. The van der Waals surface area contributed by atoms with Crippen LogP contribution in [0.3, 0.4) is 0 Å². The van der Waals surface area contributed by atoms with Crippen LogP contribution in [0, 0.1) is 11.7 Å². The van der Waals surface area contributed by atoms with Crippen LogP contribution in [0.5, 0.6) is 5.75 Å². The van der Waals surface area contributed by atoms with Gasteiger partial charge in [0.2, 0.25) is 0 Å². The van der Waals surface area contributed by atoms with Crippen LogP contribution < -0.4 is 10.1 Å². The Morgan fingerprint density at radius 3 is 2.76 bits per heavy atom. The highest BCUT2D eigenvalue weighted by molar-refractivity contribution is 5.36. The smallest absolute Gasteiger partial charge is 0.387 e. The van der Waals surface area contributed by atoms with Gasteiger partial charge in [-0.2, -0.15) is 8.78 Å². The Hall–Kier alpha value is -1.27. The monoisotopic (exact) mass is 303 g/mol.